The molecule has 1 aromatic rings. The Bertz CT molecular complexity index is 854. The van der Waals surface area contributed by atoms with Crippen LogP contribution in [-0.4, -0.2) is 58.0 Å². The molecule has 1 fully saturated rings. The van der Waals surface area contributed by atoms with Gasteiger partial charge in [-0.25, -0.2) is 13.4 Å². The lowest BCUT2D eigenvalue weighted by Crippen LogP contribution is -2.49. The highest BCUT2D eigenvalue weighted by Gasteiger charge is 2.30. The van der Waals surface area contributed by atoms with E-state index in [4.69, 9.17) is 0 Å². The summed E-state index contributed by atoms with van der Waals surface area (Å²) in [4.78, 5) is 31.6. The maximum absolute atomic E-state index is 12.7. The van der Waals surface area contributed by atoms with E-state index in [0.717, 1.165) is 25.5 Å². The standard InChI is InChI=1S/C17H26N4O4S/c1-12-5-4-6-13(2)21(12)16(22)10-19-11-18-15-9-20(26(3,24)25)8-7-14(15)17(19)23/h11-13H,4-10H2,1-3H3/t12-,13+. The molecule has 2 aliphatic heterocycles. The fraction of sp³-hybridized carbons (Fsp3) is 0.706. The molecule has 2 aliphatic rings. The Morgan fingerprint density at radius 1 is 1.27 bits per heavy atom. The number of nitrogens with zero attached hydrogens (tertiary/aromatic N) is 4. The van der Waals surface area contributed by atoms with E-state index in [1.807, 2.05) is 18.7 Å². The average Bonchev–Trinajstić information content (AvgIpc) is 2.56. The second kappa shape index (κ2) is 7.11. The first-order valence-corrected chi connectivity index (χ1v) is 10.9. The largest absolute Gasteiger partial charge is 0.336 e. The van der Waals surface area contributed by atoms with E-state index in [0.29, 0.717) is 17.7 Å². The molecule has 0 N–H and O–H groups in total. The molecule has 0 radical (unpaired) electrons. The Kier molecular flexibility index (Phi) is 5.21. The van der Waals surface area contributed by atoms with Gasteiger partial charge >= 0.3 is 0 Å². The molecular formula is C17H26N4O4S. The first kappa shape index (κ1) is 19.0. The van der Waals surface area contributed by atoms with Gasteiger partial charge in [-0.2, -0.15) is 4.31 Å². The van der Waals surface area contributed by atoms with Crippen LogP contribution in [0.5, 0.6) is 0 Å². The summed E-state index contributed by atoms with van der Waals surface area (Å²) in [6.07, 6.45) is 5.91. The molecule has 0 unspecified atom stereocenters. The number of fused-ring (bicyclic) bond motifs is 1. The lowest BCUT2D eigenvalue weighted by molar-refractivity contribution is -0.138. The summed E-state index contributed by atoms with van der Waals surface area (Å²) in [5.41, 5.74) is 0.754. The Morgan fingerprint density at radius 2 is 1.92 bits per heavy atom. The van der Waals surface area contributed by atoms with E-state index in [1.54, 1.807) is 0 Å². The molecule has 8 nitrogen and oxygen atoms in total. The molecule has 0 bridgehead atoms. The first-order chi connectivity index (χ1) is 12.2. The minimum Gasteiger partial charge on any atom is -0.336 e. The molecule has 2 atom stereocenters. The third-order valence-corrected chi connectivity index (χ3v) is 6.66. The van der Waals surface area contributed by atoms with Crippen LogP contribution in [-0.2, 0) is 34.3 Å². The van der Waals surface area contributed by atoms with Gasteiger partial charge in [0.15, 0.2) is 0 Å². The van der Waals surface area contributed by atoms with Crippen LogP contribution in [0.15, 0.2) is 11.1 Å². The molecule has 0 spiro atoms. The van der Waals surface area contributed by atoms with Crippen molar-refractivity contribution >= 4 is 15.9 Å². The molecule has 1 saturated heterocycles. The van der Waals surface area contributed by atoms with Crippen molar-refractivity contribution < 1.29 is 13.2 Å². The van der Waals surface area contributed by atoms with Gasteiger partial charge in [-0.3, -0.25) is 14.2 Å². The molecule has 0 aliphatic carbocycles. The van der Waals surface area contributed by atoms with Gasteiger partial charge in [0, 0.05) is 24.2 Å². The number of carbonyl (C=O) groups excluding carboxylic acids is 1. The van der Waals surface area contributed by atoms with Crippen LogP contribution in [0.25, 0.3) is 0 Å². The highest BCUT2D eigenvalue weighted by atomic mass is 32.2. The molecule has 3 heterocycles. The van der Waals surface area contributed by atoms with E-state index >= 15 is 0 Å². The fourth-order valence-corrected chi connectivity index (χ4v) is 4.75. The summed E-state index contributed by atoms with van der Waals surface area (Å²) in [5.74, 6) is -0.0675. The van der Waals surface area contributed by atoms with Gasteiger partial charge < -0.3 is 4.90 Å². The molecule has 3 rings (SSSR count). The molecule has 0 aromatic carbocycles. The van der Waals surface area contributed by atoms with Crippen LogP contribution in [0.3, 0.4) is 0 Å². The van der Waals surface area contributed by atoms with Crippen molar-refractivity contribution in [1.82, 2.24) is 18.8 Å². The van der Waals surface area contributed by atoms with Crippen molar-refractivity contribution in [1.29, 1.82) is 0 Å². The van der Waals surface area contributed by atoms with Gasteiger partial charge in [0.2, 0.25) is 15.9 Å². The first-order valence-electron chi connectivity index (χ1n) is 9.02. The zero-order chi connectivity index (χ0) is 19.1. The van der Waals surface area contributed by atoms with Crippen molar-refractivity contribution in [3.63, 3.8) is 0 Å². The van der Waals surface area contributed by atoms with E-state index < -0.39 is 10.0 Å². The van der Waals surface area contributed by atoms with Crippen LogP contribution in [0.1, 0.15) is 44.4 Å². The minimum absolute atomic E-state index is 0.0242. The Morgan fingerprint density at radius 3 is 2.54 bits per heavy atom. The Balaban J connectivity index is 1.81. The summed E-state index contributed by atoms with van der Waals surface area (Å²) in [6.45, 7) is 4.44. The van der Waals surface area contributed by atoms with Crippen molar-refractivity contribution in [3.05, 3.63) is 27.9 Å². The highest BCUT2D eigenvalue weighted by molar-refractivity contribution is 7.88. The van der Waals surface area contributed by atoms with Crippen molar-refractivity contribution in [3.8, 4) is 0 Å². The van der Waals surface area contributed by atoms with Gasteiger partial charge in [-0.1, -0.05) is 0 Å². The van der Waals surface area contributed by atoms with Crippen LogP contribution in [0.2, 0.25) is 0 Å². The van der Waals surface area contributed by atoms with Gasteiger partial charge in [0.1, 0.15) is 6.54 Å². The van der Waals surface area contributed by atoms with E-state index in [9.17, 15) is 18.0 Å². The molecule has 9 heteroatoms. The van der Waals surface area contributed by atoms with E-state index in [1.165, 1.54) is 15.2 Å². The number of sulfonamides is 1. The highest BCUT2D eigenvalue weighted by Crippen LogP contribution is 2.23. The summed E-state index contributed by atoms with van der Waals surface area (Å²) < 4.78 is 26.1. The lowest BCUT2D eigenvalue weighted by Gasteiger charge is -2.39. The third kappa shape index (κ3) is 3.68. The third-order valence-electron chi connectivity index (χ3n) is 5.41. The van der Waals surface area contributed by atoms with Crippen LogP contribution >= 0.6 is 0 Å². The maximum Gasteiger partial charge on any atom is 0.257 e. The zero-order valence-corrected chi connectivity index (χ0v) is 16.3. The van der Waals surface area contributed by atoms with E-state index in [-0.39, 0.29) is 43.2 Å². The molecule has 144 valence electrons. The van der Waals surface area contributed by atoms with Crippen molar-refractivity contribution in [2.45, 2.75) is 64.7 Å². The Labute approximate surface area is 153 Å². The summed E-state index contributed by atoms with van der Waals surface area (Å²) in [6, 6.07) is 0.353. The second-order valence-electron chi connectivity index (χ2n) is 7.38. The van der Waals surface area contributed by atoms with Crippen molar-refractivity contribution in [2.24, 2.45) is 0 Å². The van der Waals surface area contributed by atoms with Gasteiger partial charge in [-0.05, 0) is 39.5 Å². The van der Waals surface area contributed by atoms with Gasteiger partial charge in [0.25, 0.3) is 5.56 Å². The summed E-state index contributed by atoms with van der Waals surface area (Å²) in [5, 5.41) is 0. The quantitative estimate of drug-likeness (QED) is 0.752. The number of rotatable bonds is 3. The SMILES string of the molecule is C[C@@H]1CCC[C@H](C)N1C(=O)Cn1cnc2c(c1=O)CCN(S(C)(=O)=O)C2. The molecule has 26 heavy (non-hydrogen) atoms. The number of carbonyl (C=O) groups is 1. The smallest absolute Gasteiger partial charge is 0.257 e. The van der Waals surface area contributed by atoms with Gasteiger partial charge in [-0.15, -0.1) is 0 Å². The molecule has 0 saturated carbocycles. The molecule has 1 amide bonds. The predicted octanol–water partition coefficient (Wildman–Crippen LogP) is 0.351. The maximum atomic E-state index is 12.7. The number of aromatic nitrogens is 2. The van der Waals surface area contributed by atoms with E-state index in [2.05, 4.69) is 4.98 Å². The van der Waals surface area contributed by atoms with Crippen LogP contribution < -0.4 is 5.56 Å². The van der Waals surface area contributed by atoms with Crippen molar-refractivity contribution in [2.75, 3.05) is 12.8 Å². The summed E-state index contributed by atoms with van der Waals surface area (Å²) in [7, 11) is -3.31. The predicted molar refractivity (Wildman–Crippen MR) is 97.1 cm³/mol. The topological polar surface area (TPSA) is 92.6 Å². The van der Waals surface area contributed by atoms with Gasteiger partial charge in [0.05, 0.1) is 24.8 Å². The lowest BCUT2D eigenvalue weighted by atomic mass is 9.97. The Hall–Kier alpha value is -1.74. The number of amides is 1. The van der Waals surface area contributed by atoms with Crippen LogP contribution in [0, 0.1) is 0 Å². The molecular weight excluding hydrogens is 356 g/mol. The average molecular weight is 382 g/mol. The number of likely N-dealkylation sites (tertiary alicyclic amines) is 1. The fourth-order valence-electron chi connectivity index (χ4n) is 3.97. The monoisotopic (exact) mass is 382 g/mol. The normalized spacial score (nSPS) is 24.3. The number of piperidine rings is 1. The summed E-state index contributed by atoms with van der Waals surface area (Å²) >= 11 is 0. The minimum atomic E-state index is -3.31. The zero-order valence-electron chi connectivity index (χ0n) is 15.5. The van der Waals surface area contributed by atoms with Crippen LogP contribution in [0.4, 0.5) is 0 Å². The second-order valence-corrected chi connectivity index (χ2v) is 9.36. The number of hydrogen-bond acceptors (Lipinski definition) is 5. The molecule has 1 aromatic heterocycles. The number of hydrogen-bond donors (Lipinski definition) is 0.